The highest BCUT2D eigenvalue weighted by molar-refractivity contribution is 5.82. The summed E-state index contributed by atoms with van der Waals surface area (Å²) in [5.41, 5.74) is 3.15. The van der Waals surface area contributed by atoms with Crippen LogP contribution in [0.3, 0.4) is 0 Å². The summed E-state index contributed by atoms with van der Waals surface area (Å²) in [7, 11) is 1.84. The van der Waals surface area contributed by atoms with Crippen molar-refractivity contribution in [2.75, 3.05) is 13.2 Å². The fraction of sp³-hybridized carbons (Fsp3) is 0.421. The summed E-state index contributed by atoms with van der Waals surface area (Å²) in [6.07, 6.45) is 4.57. The zero-order valence-corrected chi connectivity index (χ0v) is 15.1. The van der Waals surface area contributed by atoms with Crippen LogP contribution in [-0.4, -0.2) is 39.7 Å². The van der Waals surface area contributed by atoms with E-state index in [4.69, 9.17) is 4.74 Å². The number of carbonyl (C=O) groups is 2. The molecule has 0 N–H and O–H groups in total. The van der Waals surface area contributed by atoms with Crippen molar-refractivity contribution in [3.05, 3.63) is 53.3 Å². The standard InChI is InChI=1S/C19H25N3O3/c1-4-25-19(24)14-22(13-16-7-5-15(2)6-8-16)18(23)10-9-17-11-20-21(3)12-17/h5-8,11-12H,4,9-10,13-14H2,1-3H3. The summed E-state index contributed by atoms with van der Waals surface area (Å²) >= 11 is 0. The predicted molar refractivity (Wildman–Crippen MR) is 94.8 cm³/mol. The Kier molecular flexibility index (Phi) is 6.74. The molecular formula is C19H25N3O3. The second-order valence-electron chi connectivity index (χ2n) is 6.06. The third-order valence-electron chi connectivity index (χ3n) is 3.86. The zero-order valence-electron chi connectivity index (χ0n) is 15.1. The van der Waals surface area contributed by atoms with Gasteiger partial charge in [0.2, 0.25) is 5.91 Å². The molecule has 0 aliphatic rings. The fourth-order valence-corrected chi connectivity index (χ4v) is 2.52. The molecule has 0 radical (unpaired) electrons. The van der Waals surface area contributed by atoms with Crippen molar-refractivity contribution in [1.29, 1.82) is 0 Å². The first-order valence-electron chi connectivity index (χ1n) is 8.44. The van der Waals surface area contributed by atoms with Gasteiger partial charge in [0.15, 0.2) is 0 Å². The molecule has 0 atom stereocenters. The van der Waals surface area contributed by atoms with Gasteiger partial charge in [0.05, 0.1) is 12.8 Å². The molecule has 25 heavy (non-hydrogen) atoms. The van der Waals surface area contributed by atoms with Crippen LogP contribution in [0.1, 0.15) is 30.0 Å². The van der Waals surface area contributed by atoms with Crippen molar-refractivity contribution >= 4 is 11.9 Å². The lowest BCUT2D eigenvalue weighted by Crippen LogP contribution is -2.36. The SMILES string of the molecule is CCOC(=O)CN(Cc1ccc(C)cc1)C(=O)CCc1cnn(C)c1. The van der Waals surface area contributed by atoms with E-state index in [1.54, 1.807) is 22.7 Å². The van der Waals surface area contributed by atoms with E-state index in [-0.39, 0.29) is 18.4 Å². The summed E-state index contributed by atoms with van der Waals surface area (Å²) in [6, 6.07) is 7.94. The van der Waals surface area contributed by atoms with Gasteiger partial charge < -0.3 is 9.64 Å². The lowest BCUT2D eigenvalue weighted by molar-refractivity contribution is -0.149. The van der Waals surface area contributed by atoms with E-state index in [1.165, 1.54) is 0 Å². The number of hydrogen-bond donors (Lipinski definition) is 0. The van der Waals surface area contributed by atoms with Gasteiger partial charge in [-0.25, -0.2) is 0 Å². The first-order chi connectivity index (χ1) is 12.0. The van der Waals surface area contributed by atoms with Crippen LogP contribution in [0.15, 0.2) is 36.7 Å². The molecule has 1 amide bonds. The first-order valence-corrected chi connectivity index (χ1v) is 8.44. The highest BCUT2D eigenvalue weighted by atomic mass is 16.5. The summed E-state index contributed by atoms with van der Waals surface area (Å²) in [4.78, 5) is 26.0. The molecule has 1 aromatic heterocycles. The molecular weight excluding hydrogens is 318 g/mol. The number of rotatable bonds is 8. The van der Waals surface area contributed by atoms with Crippen molar-refractivity contribution in [1.82, 2.24) is 14.7 Å². The monoisotopic (exact) mass is 343 g/mol. The summed E-state index contributed by atoms with van der Waals surface area (Å²) in [5.74, 6) is -0.457. The Labute approximate surface area is 148 Å². The third-order valence-corrected chi connectivity index (χ3v) is 3.86. The Morgan fingerprint density at radius 1 is 1.20 bits per heavy atom. The molecule has 2 rings (SSSR count). The number of nitrogens with zero attached hydrogens (tertiary/aromatic N) is 3. The van der Waals surface area contributed by atoms with E-state index in [9.17, 15) is 9.59 Å². The number of benzene rings is 1. The quantitative estimate of drug-likeness (QED) is 0.690. The molecule has 0 aliphatic heterocycles. The maximum Gasteiger partial charge on any atom is 0.325 e. The van der Waals surface area contributed by atoms with Gasteiger partial charge in [-0.15, -0.1) is 0 Å². The van der Waals surface area contributed by atoms with Crippen molar-refractivity contribution in [2.45, 2.75) is 33.2 Å². The van der Waals surface area contributed by atoms with Crippen LogP contribution in [0.5, 0.6) is 0 Å². The molecule has 0 saturated heterocycles. The Morgan fingerprint density at radius 2 is 1.92 bits per heavy atom. The first kappa shape index (κ1) is 18.7. The number of hydrogen-bond acceptors (Lipinski definition) is 4. The maximum atomic E-state index is 12.6. The second-order valence-corrected chi connectivity index (χ2v) is 6.06. The van der Waals surface area contributed by atoms with Gasteiger partial charge in [0.1, 0.15) is 6.54 Å². The normalized spacial score (nSPS) is 10.5. The highest BCUT2D eigenvalue weighted by Gasteiger charge is 2.18. The average Bonchev–Trinajstić information content (AvgIpc) is 2.99. The van der Waals surface area contributed by atoms with Crippen LogP contribution in [0.4, 0.5) is 0 Å². The minimum absolute atomic E-state index is 0.0341. The summed E-state index contributed by atoms with van der Waals surface area (Å²) in [5, 5.41) is 4.11. The highest BCUT2D eigenvalue weighted by Crippen LogP contribution is 2.10. The van der Waals surface area contributed by atoms with Crippen LogP contribution >= 0.6 is 0 Å². The van der Waals surface area contributed by atoms with Gasteiger partial charge in [0.25, 0.3) is 0 Å². The van der Waals surface area contributed by atoms with Crippen molar-refractivity contribution in [3.8, 4) is 0 Å². The Balaban J connectivity index is 2.02. The Bertz CT molecular complexity index is 707. The van der Waals surface area contributed by atoms with Crippen molar-refractivity contribution in [2.24, 2.45) is 7.05 Å². The number of aryl methyl sites for hydroxylation is 3. The van der Waals surface area contributed by atoms with Gasteiger partial charge in [0, 0.05) is 26.2 Å². The molecule has 0 bridgehead atoms. The van der Waals surface area contributed by atoms with Gasteiger partial charge in [-0.2, -0.15) is 5.10 Å². The summed E-state index contributed by atoms with van der Waals surface area (Å²) in [6.45, 7) is 4.44. The molecule has 134 valence electrons. The van der Waals surface area contributed by atoms with E-state index >= 15 is 0 Å². The van der Waals surface area contributed by atoms with E-state index < -0.39 is 0 Å². The van der Waals surface area contributed by atoms with Gasteiger partial charge in [-0.05, 0) is 31.4 Å². The summed E-state index contributed by atoms with van der Waals surface area (Å²) < 4.78 is 6.71. The lowest BCUT2D eigenvalue weighted by atomic mass is 10.1. The predicted octanol–water partition coefficient (Wildman–Crippen LogP) is 2.25. The number of aromatic nitrogens is 2. The molecule has 1 heterocycles. The molecule has 0 spiro atoms. The number of esters is 1. The minimum atomic E-state index is -0.385. The van der Waals surface area contributed by atoms with Crippen LogP contribution in [-0.2, 0) is 34.3 Å². The van der Waals surface area contributed by atoms with E-state index in [2.05, 4.69) is 5.10 Å². The van der Waals surface area contributed by atoms with E-state index in [0.717, 1.165) is 16.7 Å². The number of ether oxygens (including phenoxy) is 1. The smallest absolute Gasteiger partial charge is 0.325 e. The van der Waals surface area contributed by atoms with E-state index in [1.807, 2.05) is 44.4 Å². The molecule has 2 aromatic rings. The fourth-order valence-electron chi connectivity index (χ4n) is 2.52. The van der Waals surface area contributed by atoms with Crippen LogP contribution < -0.4 is 0 Å². The maximum absolute atomic E-state index is 12.6. The van der Waals surface area contributed by atoms with Crippen LogP contribution in [0.2, 0.25) is 0 Å². The van der Waals surface area contributed by atoms with E-state index in [0.29, 0.717) is 26.0 Å². The molecule has 6 nitrogen and oxygen atoms in total. The van der Waals surface area contributed by atoms with Crippen molar-refractivity contribution in [3.63, 3.8) is 0 Å². The Hall–Kier alpha value is -2.63. The number of carbonyl (C=O) groups excluding carboxylic acids is 2. The topological polar surface area (TPSA) is 64.4 Å². The zero-order chi connectivity index (χ0) is 18.2. The van der Waals surface area contributed by atoms with Crippen molar-refractivity contribution < 1.29 is 14.3 Å². The van der Waals surface area contributed by atoms with Crippen LogP contribution in [0, 0.1) is 6.92 Å². The number of amides is 1. The lowest BCUT2D eigenvalue weighted by Gasteiger charge is -2.22. The van der Waals surface area contributed by atoms with Gasteiger partial charge >= 0.3 is 5.97 Å². The second kappa shape index (κ2) is 9.01. The Morgan fingerprint density at radius 3 is 2.52 bits per heavy atom. The van der Waals surface area contributed by atoms with Gasteiger partial charge in [-0.1, -0.05) is 29.8 Å². The minimum Gasteiger partial charge on any atom is -0.465 e. The van der Waals surface area contributed by atoms with Crippen LogP contribution in [0.25, 0.3) is 0 Å². The average molecular weight is 343 g/mol. The molecule has 1 aromatic carbocycles. The molecule has 0 fully saturated rings. The van der Waals surface area contributed by atoms with Gasteiger partial charge in [-0.3, -0.25) is 14.3 Å². The molecule has 0 saturated carbocycles. The molecule has 0 aliphatic carbocycles. The largest absolute Gasteiger partial charge is 0.465 e. The molecule has 6 heteroatoms. The third kappa shape index (κ3) is 6.06. The molecule has 0 unspecified atom stereocenters.